The standard InChI is InChI=1S/C3H9O4PSe/c1-9(2,3)5-8(4,6-9)7-9/h1-3H3. The van der Waals surface area contributed by atoms with Gasteiger partial charge in [-0.05, 0) is 0 Å². The first-order valence-electron chi connectivity index (χ1n) is 2.46. The Labute approximate surface area is 53.0 Å². The molecule has 3 fully saturated rings. The number of hydrogen-bond donors (Lipinski definition) is 0. The van der Waals surface area contributed by atoms with Gasteiger partial charge in [-0.15, -0.1) is 0 Å². The summed E-state index contributed by atoms with van der Waals surface area (Å²) in [6.45, 7) is 0. The van der Waals surface area contributed by atoms with E-state index in [-0.39, 0.29) is 0 Å². The van der Waals surface area contributed by atoms with Crippen LogP contribution < -0.4 is 0 Å². The molecule has 3 heterocycles. The van der Waals surface area contributed by atoms with E-state index in [1.807, 2.05) is 0 Å². The van der Waals surface area contributed by atoms with Crippen LogP contribution in [0.4, 0.5) is 0 Å². The Kier molecular flexibility index (Phi) is 0.584. The number of phosphoric acid groups is 1. The van der Waals surface area contributed by atoms with Crippen molar-refractivity contribution in [3.63, 3.8) is 0 Å². The third kappa shape index (κ3) is 0.625. The predicted molar refractivity (Wildman–Crippen MR) is 34.2 cm³/mol. The van der Waals surface area contributed by atoms with Gasteiger partial charge >= 0.3 is 52.4 Å². The molecule has 0 spiro atoms. The zero-order valence-electron chi connectivity index (χ0n) is 5.49. The number of rotatable bonds is 0. The minimum atomic E-state index is -3.54. The molecule has 4 nitrogen and oxygen atoms in total. The van der Waals surface area contributed by atoms with Gasteiger partial charge < -0.3 is 0 Å². The van der Waals surface area contributed by atoms with Gasteiger partial charge in [-0.2, -0.15) is 0 Å². The molecule has 0 aromatic rings. The van der Waals surface area contributed by atoms with Crippen LogP contribution in [-0.4, -0.2) is 11.7 Å². The van der Waals surface area contributed by atoms with E-state index in [4.69, 9.17) is 10.8 Å². The van der Waals surface area contributed by atoms with Gasteiger partial charge in [-0.3, -0.25) is 0 Å². The molecule has 0 N–H and O–H groups in total. The van der Waals surface area contributed by atoms with E-state index in [2.05, 4.69) is 0 Å². The maximum absolute atomic E-state index is 10.7. The fourth-order valence-corrected chi connectivity index (χ4v) is 16.6. The average Bonchev–Trinajstić information content (AvgIpc) is 1.17. The maximum atomic E-state index is 10.7. The molecule has 2 bridgehead atoms. The van der Waals surface area contributed by atoms with E-state index in [9.17, 15) is 4.57 Å². The Hall–Kier alpha value is 0.629. The first kappa shape index (κ1) is 6.35. The summed E-state index contributed by atoms with van der Waals surface area (Å²) in [6.07, 6.45) is 0. The Morgan fingerprint density at radius 1 is 1.11 bits per heavy atom. The van der Waals surface area contributed by atoms with Crippen LogP contribution in [0.2, 0.25) is 17.5 Å². The molecule has 0 aromatic carbocycles. The Morgan fingerprint density at radius 2 is 1.44 bits per heavy atom. The van der Waals surface area contributed by atoms with Crippen LogP contribution in [0, 0.1) is 0 Å². The molecule has 3 aliphatic heterocycles. The van der Waals surface area contributed by atoms with Gasteiger partial charge in [0.1, 0.15) is 0 Å². The second kappa shape index (κ2) is 0.828. The van der Waals surface area contributed by atoms with Crippen molar-refractivity contribution >= 4 is 19.5 Å². The van der Waals surface area contributed by atoms with E-state index >= 15 is 0 Å². The van der Waals surface area contributed by atoms with Crippen LogP contribution in [-0.2, 0) is 15.4 Å². The molecule has 0 saturated carbocycles. The Morgan fingerprint density at radius 3 is 1.44 bits per heavy atom. The summed E-state index contributed by atoms with van der Waals surface area (Å²) >= 11 is -3.54. The second-order valence-electron chi connectivity index (χ2n) is 3.60. The van der Waals surface area contributed by atoms with Gasteiger partial charge in [-0.25, -0.2) is 0 Å². The normalized spacial score (nSPS) is 62.6. The number of hydrogen-bond acceptors (Lipinski definition) is 4. The molecule has 3 saturated heterocycles. The molecule has 3 aliphatic rings. The molecule has 0 unspecified atom stereocenters. The van der Waals surface area contributed by atoms with Gasteiger partial charge in [-0.1, -0.05) is 0 Å². The molecule has 9 heavy (non-hydrogen) atoms. The van der Waals surface area contributed by atoms with Crippen LogP contribution in [0.1, 0.15) is 0 Å². The predicted octanol–water partition coefficient (Wildman–Crippen LogP) is 1.91. The van der Waals surface area contributed by atoms with E-state index in [0.29, 0.717) is 0 Å². The fourth-order valence-electron chi connectivity index (χ4n) is 1.06. The molecule has 0 amide bonds. The van der Waals surface area contributed by atoms with Crippen molar-refractivity contribution in [3.8, 4) is 0 Å². The van der Waals surface area contributed by atoms with Crippen LogP contribution in [0.5, 0.6) is 0 Å². The van der Waals surface area contributed by atoms with Gasteiger partial charge in [0, 0.05) is 0 Å². The first-order valence-corrected chi connectivity index (χ1v) is 11.2. The van der Waals surface area contributed by atoms with Gasteiger partial charge in [0.15, 0.2) is 0 Å². The van der Waals surface area contributed by atoms with Crippen LogP contribution >= 0.6 is 7.82 Å². The van der Waals surface area contributed by atoms with Crippen molar-refractivity contribution in [2.24, 2.45) is 0 Å². The molecule has 6 heteroatoms. The SMILES string of the molecule is C[Se]12(C)(C)OP(=O)(O1)O2. The van der Waals surface area contributed by atoms with Crippen LogP contribution in [0.15, 0.2) is 0 Å². The molecule has 3 rings (SSSR count). The van der Waals surface area contributed by atoms with E-state index < -0.39 is 19.5 Å². The van der Waals surface area contributed by atoms with Crippen molar-refractivity contribution in [2.75, 3.05) is 0 Å². The van der Waals surface area contributed by atoms with Crippen molar-refractivity contribution in [2.45, 2.75) is 17.5 Å². The minimum absolute atomic E-state index is 1.77. The third-order valence-corrected chi connectivity index (χ3v) is 17.6. The molecule has 0 atom stereocenters. The summed E-state index contributed by atoms with van der Waals surface area (Å²) in [5.74, 6) is 5.31. The molecular weight excluding hydrogens is 210 g/mol. The first-order chi connectivity index (χ1) is 3.65. The van der Waals surface area contributed by atoms with E-state index in [1.54, 1.807) is 17.5 Å². The second-order valence-corrected chi connectivity index (χ2v) is 20.0. The summed E-state index contributed by atoms with van der Waals surface area (Å²) < 4.78 is 25.9. The molecule has 0 aliphatic carbocycles. The van der Waals surface area contributed by atoms with Crippen molar-refractivity contribution in [1.82, 2.24) is 0 Å². The zero-order valence-corrected chi connectivity index (χ0v) is 8.10. The molecule has 56 valence electrons. The van der Waals surface area contributed by atoms with Crippen LogP contribution in [0.3, 0.4) is 0 Å². The van der Waals surface area contributed by atoms with Gasteiger partial charge in [0.05, 0.1) is 0 Å². The van der Waals surface area contributed by atoms with Crippen molar-refractivity contribution in [1.29, 1.82) is 0 Å². The van der Waals surface area contributed by atoms with Crippen LogP contribution in [0.25, 0.3) is 0 Å². The van der Waals surface area contributed by atoms with Crippen molar-refractivity contribution < 1.29 is 15.4 Å². The van der Waals surface area contributed by atoms with E-state index in [1.165, 1.54) is 0 Å². The monoisotopic (exact) mass is 220 g/mol. The summed E-state index contributed by atoms with van der Waals surface area (Å²) in [6, 6.07) is 0. The van der Waals surface area contributed by atoms with Gasteiger partial charge in [0.2, 0.25) is 0 Å². The molecule has 0 radical (unpaired) electrons. The molecule has 0 aromatic heterocycles. The van der Waals surface area contributed by atoms with E-state index in [0.717, 1.165) is 0 Å². The quantitative estimate of drug-likeness (QED) is 0.461. The summed E-state index contributed by atoms with van der Waals surface area (Å²) in [7, 11) is -2.94. The average molecular weight is 219 g/mol. The Balaban J connectivity index is 2.50. The molecular formula is C3H9O4PSe. The summed E-state index contributed by atoms with van der Waals surface area (Å²) in [5, 5.41) is 0. The zero-order chi connectivity index (χ0) is 7.03. The summed E-state index contributed by atoms with van der Waals surface area (Å²) in [5.41, 5.74) is 0. The summed E-state index contributed by atoms with van der Waals surface area (Å²) in [4.78, 5) is 0. The van der Waals surface area contributed by atoms with Crippen molar-refractivity contribution in [3.05, 3.63) is 0 Å². The van der Waals surface area contributed by atoms with Gasteiger partial charge in [0.25, 0.3) is 0 Å². The topological polar surface area (TPSA) is 44.8 Å². The Bertz CT molecular complexity index is 222. The fraction of sp³-hybridized carbons (Fsp3) is 1.00. The third-order valence-electron chi connectivity index (χ3n) is 1.13.